The van der Waals surface area contributed by atoms with Crippen LogP contribution in [0.4, 0.5) is 11.4 Å². The zero-order chi connectivity index (χ0) is 24.5. The highest BCUT2D eigenvalue weighted by molar-refractivity contribution is 5.97. The van der Waals surface area contributed by atoms with Gasteiger partial charge >= 0.3 is 0 Å². The molecular formula is C29H30N4O2. The lowest BCUT2D eigenvalue weighted by molar-refractivity contribution is -0.119. The van der Waals surface area contributed by atoms with Crippen molar-refractivity contribution in [3.05, 3.63) is 89.7 Å². The van der Waals surface area contributed by atoms with E-state index >= 15 is 0 Å². The maximum Gasteiger partial charge on any atom is 0.246 e. The zero-order valence-corrected chi connectivity index (χ0v) is 20.4. The standard InChI is InChI=1S/C29H30N4O2/c1-4-31(23-10-6-5-7-11-23)28(35)19-33-26-13-9-8-12-24(26)30-29(33)22-17-27(34)32(18-22)25-15-14-20(2)16-21(25)3/h5-16,22H,4,17-19H2,1-3H3. The van der Waals surface area contributed by atoms with Crippen LogP contribution in [-0.4, -0.2) is 34.5 Å². The molecule has 1 unspecified atom stereocenters. The van der Waals surface area contributed by atoms with Gasteiger partial charge in [0, 0.05) is 36.8 Å². The predicted molar refractivity (Wildman–Crippen MR) is 140 cm³/mol. The van der Waals surface area contributed by atoms with Crippen LogP contribution in [0.1, 0.15) is 36.2 Å². The number of likely N-dealkylation sites (N-methyl/N-ethyl adjacent to an activating group) is 1. The van der Waals surface area contributed by atoms with Crippen LogP contribution in [0.15, 0.2) is 72.8 Å². The fourth-order valence-electron chi connectivity index (χ4n) is 5.13. The number of anilines is 2. The Morgan fingerprint density at radius 1 is 1.03 bits per heavy atom. The summed E-state index contributed by atoms with van der Waals surface area (Å²) in [6, 6.07) is 23.8. The second-order valence-electron chi connectivity index (χ2n) is 9.21. The normalized spacial score (nSPS) is 15.7. The molecule has 0 saturated carbocycles. The van der Waals surface area contributed by atoms with Crippen molar-refractivity contribution in [2.45, 2.75) is 39.7 Å². The molecule has 35 heavy (non-hydrogen) atoms. The van der Waals surface area contributed by atoms with Gasteiger partial charge in [0.2, 0.25) is 11.8 Å². The number of carbonyl (C=O) groups excluding carboxylic acids is 2. The zero-order valence-electron chi connectivity index (χ0n) is 20.4. The average molecular weight is 467 g/mol. The number of fused-ring (bicyclic) bond motifs is 1. The maximum atomic E-state index is 13.5. The molecule has 1 aromatic heterocycles. The van der Waals surface area contributed by atoms with Crippen molar-refractivity contribution in [1.82, 2.24) is 9.55 Å². The Kier molecular flexibility index (Phi) is 6.12. The molecule has 1 fully saturated rings. The van der Waals surface area contributed by atoms with Gasteiger partial charge in [-0.1, -0.05) is 48.0 Å². The number of nitrogens with zero attached hydrogens (tertiary/aromatic N) is 4. The van der Waals surface area contributed by atoms with E-state index in [0.29, 0.717) is 19.5 Å². The number of benzene rings is 3. The highest BCUT2D eigenvalue weighted by Gasteiger charge is 2.35. The molecule has 4 aromatic rings. The van der Waals surface area contributed by atoms with Crippen molar-refractivity contribution < 1.29 is 9.59 Å². The topological polar surface area (TPSA) is 58.4 Å². The molecule has 6 nitrogen and oxygen atoms in total. The van der Waals surface area contributed by atoms with Gasteiger partial charge in [-0.3, -0.25) is 9.59 Å². The van der Waals surface area contributed by atoms with E-state index in [1.807, 2.05) is 90.0 Å². The van der Waals surface area contributed by atoms with Gasteiger partial charge in [0.1, 0.15) is 12.4 Å². The molecular weight excluding hydrogens is 436 g/mol. The Balaban J connectivity index is 1.49. The van der Waals surface area contributed by atoms with Crippen molar-refractivity contribution in [3.8, 4) is 0 Å². The van der Waals surface area contributed by atoms with Crippen LogP contribution in [0, 0.1) is 13.8 Å². The second-order valence-corrected chi connectivity index (χ2v) is 9.21. The molecule has 6 heteroatoms. The van der Waals surface area contributed by atoms with Crippen molar-refractivity contribution in [1.29, 1.82) is 0 Å². The van der Waals surface area contributed by atoms with E-state index in [-0.39, 0.29) is 24.3 Å². The molecule has 0 spiro atoms. The molecule has 3 aromatic carbocycles. The number of imidazole rings is 1. The largest absolute Gasteiger partial charge is 0.318 e. The molecule has 2 heterocycles. The van der Waals surface area contributed by atoms with E-state index in [4.69, 9.17) is 4.98 Å². The summed E-state index contributed by atoms with van der Waals surface area (Å²) in [5, 5.41) is 0. The van der Waals surface area contributed by atoms with E-state index in [1.54, 1.807) is 4.90 Å². The fraction of sp³-hybridized carbons (Fsp3) is 0.276. The molecule has 0 N–H and O–H groups in total. The van der Waals surface area contributed by atoms with Crippen molar-refractivity contribution in [3.63, 3.8) is 0 Å². The van der Waals surface area contributed by atoms with E-state index < -0.39 is 0 Å². The number of aromatic nitrogens is 2. The molecule has 5 rings (SSSR count). The third-order valence-corrected chi connectivity index (χ3v) is 6.80. The van der Waals surface area contributed by atoms with Gasteiger partial charge in [-0.25, -0.2) is 4.98 Å². The molecule has 178 valence electrons. The lowest BCUT2D eigenvalue weighted by Gasteiger charge is -2.23. The summed E-state index contributed by atoms with van der Waals surface area (Å²) >= 11 is 0. The van der Waals surface area contributed by atoms with Crippen molar-refractivity contribution in [2.24, 2.45) is 0 Å². The third kappa shape index (κ3) is 4.32. The van der Waals surface area contributed by atoms with Gasteiger partial charge in [-0.15, -0.1) is 0 Å². The van der Waals surface area contributed by atoms with Crippen molar-refractivity contribution in [2.75, 3.05) is 22.9 Å². The number of rotatable bonds is 6. The van der Waals surface area contributed by atoms with Crippen LogP contribution in [-0.2, 0) is 16.1 Å². The highest BCUT2D eigenvalue weighted by atomic mass is 16.2. The predicted octanol–water partition coefficient (Wildman–Crippen LogP) is 5.23. The number of amides is 2. The van der Waals surface area contributed by atoms with E-state index in [0.717, 1.165) is 33.8 Å². The van der Waals surface area contributed by atoms with Gasteiger partial charge in [0.15, 0.2) is 0 Å². The Morgan fingerprint density at radius 2 is 1.77 bits per heavy atom. The number of carbonyl (C=O) groups is 2. The Bertz CT molecular complexity index is 1390. The van der Waals surface area contributed by atoms with E-state index in [2.05, 4.69) is 13.0 Å². The Labute approximate surface area is 205 Å². The molecule has 1 aliphatic heterocycles. The second kappa shape index (κ2) is 9.37. The van der Waals surface area contributed by atoms with E-state index in [9.17, 15) is 9.59 Å². The number of hydrogen-bond acceptors (Lipinski definition) is 3. The van der Waals surface area contributed by atoms with Crippen LogP contribution >= 0.6 is 0 Å². The summed E-state index contributed by atoms with van der Waals surface area (Å²) in [5.74, 6) is 0.796. The van der Waals surface area contributed by atoms with Crippen molar-refractivity contribution >= 4 is 34.2 Å². The summed E-state index contributed by atoms with van der Waals surface area (Å²) in [6.45, 7) is 7.38. The Morgan fingerprint density at radius 3 is 2.51 bits per heavy atom. The lowest BCUT2D eigenvalue weighted by atomic mass is 10.1. The van der Waals surface area contributed by atoms with Crippen LogP contribution in [0.3, 0.4) is 0 Å². The number of hydrogen-bond donors (Lipinski definition) is 0. The Hall–Kier alpha value is -3.93. The lowest BCUT2D eigenvalue weighted by Crippen LogP contribution is -2.34. The molecule has 2 amide bonds. The number of aryl methyl sites for hydroxylation is 2. The average Bonchev–Trinajstić information content (AvgIpc) is 3.41. The maximum absolute atomic E-state index is 13.5. The smallest absolute Gasteiger partial charge is 0.246 e. The monoisotopic (exact) mass is 466 g/mol. The highest BCUT2D eigenvalue weighted by Crippen LogP contribution is 2.35. The summed E-state index contributed by atoms with van der Waals surface area (Å²) in [6.07, 6.45) is 0.376. The number of para-hydroxylation sites is 3. The third-order valence-electron chi connectivity index (χ3n) is 6.80. The fourth-order valence-corrected chi connectivity index (χ4v) is 5.13. The summed E-state index contributed by atoms with van der Waals surface area (Å²) < 4.78 is 2.01. The van der Waals surface area contributed by atoms with Gasteiger partial charge in [0.05, 0.1) is 11.0 Å². The van der Waals surface area contributed by atoms with Gasteiger partial charge in [-0.05, 0) is 56.7 Å². The van der Waals surface area contributed by atoms with Gasteiger partial charge in [0.25, 0.3) is 0 Å². The first kappa shape index (κ1) is 22.8. The first-order valence-electron chi connectivity index (χ1n) is 12.1. The molecule has 1 saturated heterocycles. The summed E-state index contributed by atoms with van der Waals surface area (Å²) in [7, 11) is 0. The van der Waals surface area contributed by atoms with Crippen LogP contribution in [0.5, 0.6) is 0 Å². The molecule has 0 bridgehead atoms. The summed E-state index contributed by atoms with van der Waals surface area (Å²) in [4.78, 5) is 35.2. The first-order valence-corrected chi connectivity index (χ1v) is 12.1. The van der Waals surface area contributed by atoms with E-state index in [1.165, 1.54) is 5.56 Å². The minimum Gasteiger partial charge on any atom is -0.318 e. The first-order chi connectivity index (χ1) is 17.0. The van der Waals surface area contributed by atoms with Crippen LogP contribution in [0.25, 0.3) is 11.0 Å². The quantitative estimate of drug-likeness (QED) is 0.391. The molecule has 1 atom stereocenters. The van der Waals surface area contributed by atoms with Crippen LogP contribution < -0.4 is 9.80 Å². The minimum atomic E-state index is -0.0878. The minimum absolute atomic E-state index is 0.00124. The molecule has 1 aliphatic rings. The van der Waals surface area contributed by atoms with Gasteiger partial charge < -0.3 is 14.4 Å². The van der Waals surface area contributed by atoms with Crippen LogP contribution in [0.2, 0.25) is 0 Å². The molecule has 0 aliphatic carbocycles. The van der Waals surface area contributed by atoms with Gasteiger partial charge in [-0.2, -0.15) is 0 Å². The SMILES string of the molecule is CCN(C(=O)Cn1c(C2CC(=O)N(c3ccc(C)cc3C)C2)nc2ccccc21)c1ccccc1. The summed E-state index contributed by atoms with van der Waals surface area (Å²) in [5.41, 5.74) is 5.84. The molecule has 0 radical (unpaired) electrons.